The summed E-state index contributed by atoms with van der Waals surface area (Å²) in [6.07, 6.45) is 5.15. The molecule has 0 aliphatic carbocycles. The molecule has 2 amide bonds. The van der Waals surface area contributed by atoms with Gasteiger partial charge in [-0.1, -0.05) is 13.0 Å². The minimum atomic E-state index is -1.11. The second-order valence-electron chi connectivity index (χ2n) is 4.88. The van der Waals surface area contributed by atoms with Gasteiger partial charge in [-0.25, -0.2) is 14.2 Å². The van der Waals surface area contributed by atoms with Crippen LogP contribution in [0.25, 0.3) is 0 Å². The maximum atomic E-state index is 13.6. The summed E-state index contributed by atoms with van der Waals surface area (Å²) in [5.41, 5.74) is 4.82. The minimum Gasteiger partial charge on any atom is -0.320 e. The van der Waals surface area contributed by atoms with Crippen LogP contribution in [0.2, 0.25) is 0 Å². The monoisotopic (exact) mass is 389 g/mol. The van der Waals surface area contributed by atoms with Crippen molar-refractivity contribution in [1.82, 2.24) is 10.9 Å². The first-order chi connectivity index (χ1) is 11.0. The third kappa shape index (κ3) is 6.87. The summed E-state index contributed by atoms with van der Waals surface area (Å²) in [5.74, 6) is -2.55. The van der Waals surface area contributed by atoms with Gasteiger partial charge in [0.15, 0.2) is 11.6 Å². The molecule has 1 aromatic carbocycles. The van der Waals surface area contributed by atoms with Gasteiger partial charge < -0.3 is 5.32 Å². The van der Waals surface area contributed by atoms with Gasteiger partial charge in [-0.05, 0) is 52.9 Å². The van der Waals surface area contributed by atoms with Crippen LogP contribution in [-0.4, -0.2) is 18.9 Å². The molecule has 1 rings (SSSR count). The standard InChI is InChI=1S/C15H18BrF2N3O2/c1-10(3-2-8-19-20-9-22)4-7-13(23)21-12-6-5-11(16)14(17)15(12)18/h4-7,9-10,19H,2-3,8H2,1H3,(H,20,22)(H,21,23)/b7-4+. The highest BCUT2D eigenvalue weighted by Crippen LogP contribution is 2.24. The lowest BCUT2D eigenvalue weighted by atomic mass is 10.1. The van der Waals surface area contributed by atoms with Gasteiger partial charge in [0.25, 0.3) is 0 Å². The van der Waals surface area contributed by atoms with Gasteiger partial charge in [0.1, 0.15) is 0 Å². The number of anilines is 1. The van der Waals surface area contributed by atoms with E-state index < -0.39 is 17.5 Å². The summed E-state index contributed by atoms with van der Waals surface area (Å²) < 4.78 is 27.0. The molecule has 23 heavy (non-hydrogen) atoms. The number of hydrogen-bond acceptors (Lipinski definition) is 3. The maximum Gasteiger partial charge on any atom is 0.248 e. The number of nitrogens with one attached hydrogen (secondary N) is 3. The molecule has 0 spiro atoms. The van der Waals surface area contributed by atoms with E-state index in [2.05, 4.69) is 32.1 Å². The lowest BCUT2D eigenvalue weighted by molar-refractivity contribution is -0.112. The fraction of sp³-hybridized carbons (Fsp3) is 0.333. The molecule has 0 saturated carbocycles. The summed E-state index contributed by atoms with van der Waals surface area (Å²) in [4.78, 5) is 21.7. The molecule has 0 radical (unpaired) electrons. The summed E-state index contributed by atoms with van der Waals surface area (Å²) in [7, 11) is 0. The number of carbonyl (C=O) groups excluding carboxylic acids is 2. The fourth-order valence-electron chi connectivity index (χ4n) is 1.77. The van der Waals surface area contributed by atoms with Crippen LogP contribution in [0.1, 0.15) is 19.8 Å². The number of carbonyl (C=O) groups is 2. The molecule has 1 aromatic rings. The van der Waals surface area contributed by atoms with Crippen LogP contribution < -0.4 is 16.2 Å². The van der Waals surface area contributed by atoms with Crippen molar-refractivity contribution in [2.75, 3.05) is 11.9 Å². The minimum absolute atomic E-state index is 0.00478. The Morgan fingerprint density at radius 3 is 2.78 bits per heavy atom. The quantitative estimate of drug-likeness (QED) is 0.200. The van der Waals surface area contributed by atoms with E-state index in [0.717, 1.165) is 12.8 Å². The van der Waals surface area contributed by atoms with Gasteiger partial charge in [0.05, 0.1) is 10.2 Å². The van der Waals surface area contributed by atoms with Crippen molar-refractivity contribution in [3.8, 4) is 0 Å². The van der Waals surface area contributed by atoms with Gasteiger partial charge in [-0.3, -0.25) is 15.0 Å². The maximum absolute atomic E-state index is 13.6. The smallest absolute Gasteiger partial charge is 0.248 e. The summed E-state index contributed by atoms with van der Waals surface area (Å²) in [6.45, 7) is 2.54. The van der Waals surface area contributed by atoms with Crippen LogP contribution in [0.4, 0.5) is 14.5 Å². The molecule has 0 saturated heterocycles. The lowest BCUT2D eigenvalue weighted by Crippen LogP contribution is -2.31. The van der Waals surface area contributed by atoms with E-state index in [1.165, 1.54) is 18.2 Å². The van der Waals surface area contributed by atoms with Crippen LogP contribution in [0, 0.1) is 17.6 Å². The number of hydrazine groups is 1. The fourth-order valence-corrected chi connectivity index (χ4v) is 2.08. The van der Waals surface area contributed by atoms with Crippen molar-refractivity contribution in [3.63, 3.8) is 0 Å². The molecule has 0 aliphatic heterocycles. The van der Waals surface area contributed by atoms with Gasteiger partial charge in [-0.15, -0.1) is 0 Å². The Morgan fingerprint density at radius 2 is 2.09 bits per heavy atom. The molecular formula is C15H18BrF2N3O2. The Kier molecular flexibility index (Phi) is 8.42. The Bertz CT molecular complexity index is 582. The molecule has 126 valence electrons. The molecule has 0 fully saturated rings. The first kappa shape index (κ1) is 19.2. The Hall–Kier alpha value is -1.80. The highest BCUT2D eigenvalue weighted by Gasteiger charge is 2.13. The van der Waals surface area contributed by atoms with Gasteiger partial charge >= 0.3 is 0 Å². The molecule has 0 bridgehead atoms. The molecule has 1 unspecified atom stereocenters. The van der Waals surface area contributed by atoms with E-state index in [9.17, 15) is 18.4 Å². The Balaban J connectivity index is 2.44. The molecule has 0 heterocycles. The van der Waals surface area contributed by atoms with E-state index >= 15 is 0 Å². The SMILES string of the molecule is CC(/C=C/C(=O)Nc1ccc(Br)c(F)c1F)CCCNNC=O. The predicted molar refractivity (Wildman–Crippen MR) is 87.4 cm³/mol. The van der Waals surface area contributed by atoms with Crippen LogP contribution in [0.15, 0.2) is 28.8 Å². The molecule has 3 N–H and O–H groups in total. The van der Waals surface area contributed by atoms with Crippen molar-refractivity contribution in [2.24, 2.45) is 5.92 Å². The highest BCUT2D eigenvalue weighted by atomic mass is 79.9. The zero-order chi connectivity index (χ0) is 17.2. The second kappa shape index (κ2) is 10.1. The zero-order valence-electron chi connectivity index (χ0n) is 12.5. The second-order valence-corrected chi connectivity index (χ2v) is 5.73. The molecular weight excluding hydrogens is 372 g/mol. The Labute approximate surface area is 141 Å². The predicted octanol–water partition coefficient (Wildman–Crippen LogP) is 2.89. The molecule has 1 atom stereocenters. The first-order valence-electron chi connectivity index (χ1n) is 7.00. The topological polar surface area (TPSA) is 70.2 Å². The molecule has 5 nitrogen and oxygen atoms in total. The summed E-state index contributed by atoms with van der Waals surface area (Å²) in [5, 5.41) is 2.29. The van der Waals surface area contributed by atoms with Crippen LogP contribution >= 0.6 is 15.9 Å². The largest absolute Gasteiger partial charge is 0.320 e. The average Bonchev–Trinajstić information content (AvgIpc) is 2.53. The third-order valence-corrected chi connectivity index (χ3v) is 3.60. The van der Waals surface area contributed by atoms with Crippen molar-refractivity contribution < 1.29 is 18.4 Å². The number of benzene rings is 1. The van der Waals surface area contributed by atoms with Crippen molar-refractivity contribution >= 4 is 33.9 Å². The van der Waals surface area contributed by atoms with E-state index in [1.54, 1.807) is 6.08 Å². The van der Waals surface area contributed by atoms with E-state index in [0.29, 0.717) is 13.0 Å². The van der Waals surface area contributed by atoms with E-state index in [1.807, 2.05) is 6.92 Å². The number of hydrogen-bond donors (Lipinski definition) is 3. The first-order valence-corrected chi connectivity index (χ1v) is 7.79. The third-order valence-electron chi connectivity index (χ3n) is 2.99. The number of halogens is 3. The number of amides is 2. The van der Waals surface area contributed by atoms with Gasteiger partial charge in [0, 0.05) is 6.54 Å². The highest BCUT2D eigenvalue weighted by molar-refractivity contribution is 9.10. The lowest BCUT2D eigenvalue weighted by Gasteiger charge is -2.08. The summed E-state index contributed by atoms with van der Waals surface area (Å²) >= 11 is 2.87. The van der Waals surface area contributed by atoms with Crippen LogP contribution in [-0.2, 0) is 9.59 Å². The van der Waals surface area contributed by atoms with Gasteiger partial charge in [-0.2, -0.15) is 0 Å². The van der Waals surface area contributed by atoms with E-state index in [-0.39, 0.29) is 16.1 Å². The van der Waals surface area contributed by atoms with Crippen molar-refractivity contribution in [2.45, 2.75) is 19.8 Å². The van der Waals surface area contributed by atoms with Crippen LogP contribution in [0.3, 0.4) is 0 Å². The van der Waals surface area contributed by atoms with Gasteiger partial charge in [0.2, 0.25) is 12.3 Å². The van der Waals surface area contributed by atoms with E-state index in [4.69, 9.17) is 0 Å². The molecule has 0 aromatic heterocycles. The van der Waals surface area contributed by atoms with Crippen molar-refractivity contribution in [3.05, 3.63) is 40.4 Å². The normalized spacial score (nSPS) is 12.2. The van der Waals surface area contributed by atoms with Crippen molar-refractivity contribution in [1.29, 1.82) is 0 Å². The number of allylic oxidation sites excluding steroid dienone is 1. The molecule has 0 aliphatic rings. The summed E-state index contributed by atoms with van der Waals surface area (Å²) in [6, 6.07) is 2.60. The Morgan fingerprint density at radius 1 is 1.35 bits per heavy atom. The average molecular weight is 390 g/mol. The zero-order valence-corrected chi connectivity index (χ0v) is 14.1. The van der Waals surface area contributed by atoms with Crippen LogP contribution in [0.5, 0.6) is 0 Å². The molecule has 8 heteroatoms. The number of rotatable bonds is 9.